The van der Waals surface area contributed by atoms with Gasteiger partial charge >= 0.3 is 0 Å². The molecule has 1 heterocycles. The van der Waals surface area contributed by atoms with Crippen LogP contribution in [0.5, 0.6) is 0 Å². The number of hydrogen-bond acceptors (Lipinski definition) is 2. The summed E-state index contributed by atoms with van der Waals surface area (Å²) in [5.74, 6) is 1.71. The SMILES string of the molecule is Cc1ccc(CNC(=O)CCc2ccccc2)o1. The molecule has 0 spiro atoms. The molecule has 1 aromatic carbocycles. The van der Waals surface area contributed by atoms with E-state index < -0.39 is 0 Å². The number of carbonyl (C=O) groups is 1. The van der Waals surface area contributed by atoms with E-state index in [9.17, 15) is 4.79 Å². The van der Waals surface area contributed by atoms with Crippen molar-refractivity contribution in [3.8, 4) is 0 Å². The smallest absolute Gasteiger partial charge is 0.220 e. The van der Waals surface area contributed by atoms with E-state index in [1.807, 2.05) is 49.4 Å². The Hall–Kier alpha value is -2.03. The summed E-state index contributed by atoms with van der Waals surface area (Å²) in [4.78, 5) is 11.6. The monoisotopic (exact) mass is 243 g/mol. The Bertz CT molecular complexity index is 502. The van der Waals surface area contributed by atoms with Crippen molar-refractivity contribution < 1.29 is 9.21 Å². The van der Waals surface area contributed by atoms with Gasteiger partial charge in [0.05, 0.1) is 6.54 Å². The summed E-state index contributed by atoms with van der Waals surface area (Å²) in [6, 6.07) is 13.8. The maximum atomic E-state index is 11.6. The number of carbonyl (C=O) groups excluding carboxylic acids is 1. The number of hydrogen-bond donors (Lipinski definition) is 1. The van der Waals surface area contributed by atoms with Crippen LogP contribution < -0.4 is 5.32 Å². The van der Waals surface area contributed by atoms with Gasteiger partial charge in [0.25, 0.3) is 0 Å². The van der Waals surface area contributed by atoms with Crippen molar-refractivity contribution in [2.75, 3.05) is 0 Å². The van der Waals surface area contributed by atoms with E-state index in [4.69, 9.17) is 4.42 Å². The zero-order valence-corrected chi connectivity index (χ0v) is 10.5. The highest BCUT2D eigenvalue weighted by Crippen LogP contribution is 2.06. The van der Waals surface area contributed by atoms with E-state index in [-0.39, 0.29) is 5.91 Å². The quantitative estimate of drug-likeness (QED) is 0.877. The third-order valence-electron chi connectivity index (χ3n) is 2.74. The average Bonchev–Trinajstić information content (AvgIpc) is 2.81. The molecule has 0 radical (unpaired) electrons. The summed E-state index contributed by atoms with van der Waals surface area (Å²) in [6.07, 6.45) is 1.27. The molecule has 94 valence electrons. The summed E-state index contributed by atoms with van der Waals surface area (Å²) in [6.45, 7) is 2.35. The minimum atomic E-state index is 0.0490. The second-order valence-corrected chi connectivity index (χ2v) is 4.27. The van der Waals surface area contributed by atoms with Crippen LogP contribution in [0.15, 0.2) is 46.9 Å². The van der Waals surface area contributed by atoms with Crippen LogP contribution in [-0.4, -0.2) is 5.91 Å². The van der Waals surface area contributed by atoms with Gasteiger partial charge in [-0.2, -0.15) is 0 Å². The number of nitrogens with one attached hydrogen (secondary N) is 1. The minimum Gasteiger partial charge on any atom is -0.465 e. The maximum Gasteiger partial charge on any atom is 0.220 e. The fourth-order valence-corrected chi connectivity index (χ4v) is 1.76. The predicted molar refractivity (Wildman–Crippen MR) is 70.1 cm³/mol. The second-order valence-electron chi connectivity index (χ2n) is 4.27. The largest absolute Gasteiger partial charge is 0.465 e. The zero-order valence-electron chi connectivity index (χ0n) is 10.5. The normalized spacial score (nSPS) is 10.3. The van der Waals surface area contributed by atoms with Crippen LogP contribution in [0.4, 0.5) is 0 Å². The van der Waals surface area contributed by atoms with Gasteiger partial charge in [-0.1, -0.05) is 30.3 Å². The fraction of sp³-hybridized carbons (Fsp3) is 0.267. The van der Waals surface area contributed by atoms with Crippen molar-refractivity contribution in [3.63, 3.8) is 0 Å². The van der Waals surface area contributed by atoms with Gasteiger partial charge < -0.3 is 9.73 Å². The average molecular weight is 243 g/mol. The molecule has 2 rings (SSSR count). The van der Waals surface area contributed by atoms with Gasteiger partial charge in [-0.3, -0.25) is 4.79 Å². The first-order chi connectivity index (χ1) is 8.74. The Balaban J connectivity index is 1.73. The first-order valence-corrected chi connectivity index (χ1v) is 6.10. The number of benzene rings is 1. The van der Waals surface area contributed by atoms with Gasteiger partial charge in [0.15, 0.2) is 0 Å². The Morgan fingerprint density at radius 3 is 2.61 bits per heavy atom. The summed E-state index contributed by atoms with van der Waals surface area (Å²) in [7, 11) is 0. The van der Waals surface area contributed by atoms with Crippen LogP contribution in [0.3, 0.4) is 0 Å². The van der Waals surface area contributed by atoms with E-state index in [2.05, 4.69) is 5.32 Å². The second kappa shape index (κ2) is 6.05. The molecule has 0 aliphatic carbocycles. The lowest BCUT2D eigenvalue weighted by Crippen LogP contribution is -2.22. The van der Waals surface area contributed by atoms with Crippen LogP contribution in [0.25, 0.3) is 0 Å². The number of amides is 1. The molecule has 0 bridgehead atoms. The highest BCUT2D eigenvalue weighted by atomic mass is 16.3. The van der Waals surface area contributed by atoms with E-state index in [0.717, 1.165) is 17.9 Å². The van der Waals surface area contributed by atoms with Crippen molar-refractivity contribution in [1.29, 1.82) is 0 Å². The third-order valence-corrected chi connectivity index (χ3v) is 2.74. The van der Waals surface area contributed by atoms with E-state index >= 15 is 0 Å². The third kappa shape index (κ3) is 3.77. The fourth-order valence-electron chi connectivity index (χ4n) is 1.76. The van der Waals surface area contributed by atoms with Crippen molar-refractivity contribution in [2.24, 2.45) is 0 Å². The molecule has 3 nitrogen and oxygen atoms in total. The Kier molecular flexibility index (Phi) is 4.18. The summed E-state index contributed by atoms with van der Waals surface area (Å²) in [5, 5.41) is 2.85. The maximum absolute atomic E-state index is 11.6. The molecule has 1 amide bonds. The van der Waals surface area contributed by atoms with Gasteiger partial charge in [0.2, 0.25) is 5.91 Å². The molecule has 1 N–H and O–H groups in total. The summed E-state index contributed by atoms with van der Waals surface area (Å²) in [5.41, 5.74) is 1.18. The predicted octanol–water partition coefficient (Wildman–Crippen LogP) is 2.84. The molecule has 0 saturated carbocycles. The van der Waals surface area contributed by atoms with Crippen LogP contribution >= 0.6 is 0 Å². The van der Waals surface area contributed by atoms with Gasteiger partial charge in [0, 0.05) is 6.42 Å². The first-order valence-electron chi connectivity index (χ1n) is 6.10. The Morgan fingerprint density at radius 1 is 1.17 bits per heavy atom. The lowest BCUT2D eigenvalue weighted by molar-refractivity contribution is -0.121. The molecule has 0 aliphatic rings. The Labute approximate surface area is 107 Å². The topological polar surface area (TPSA) is 42.2 Å². The van der Waals surface area contributed by atoms with Gasteiger partial charge in [-0.15, -0.1) is 0 Å². The molecular formula is C15H17NO2. The Morgan fingerprint density at radius 2 is 1.94 bits per heavy atom. The van der Waals surface area contributed by atoms with E-state index in [0.29, 0.717) is 13.0 Å². The molecular weight excluding hydrogens is 226 g/mol. The summed E-state index contributed by atoms with van der Waals surface area (Å²) >= 11 is 0. The molecule has 18 heavy (non-hydrogen) atoms. The van der Waals surface area contributed by atoms with Crippen molar-refractivity contribution in [3.05, 3.63) is 59.5 Å². The molecule has 0 aliphatic heterocycles. The standard InChI is InChI=1S/C15H17NO2/c1-12-7-9-14(18-12)11-16-15(17)10-8-13-5-3-2-4-6-13/h2-7,9H,8,10-11H2,1H3,(H,16,17). The van der Waals surface area contributed by atoms with Gasteiger partial charge in [-0.05, 0) is 31.0 Å². The number of rotatable bonds is 5. The van der Waals surface area contributed by atoms with Crippen LogP contribution in [0.2, 0.25) is 0 Å². The molecule has 0 saturated heterocycles. The van der Waals surface area contributed by atoms with Crippen molar-refractivity contribution in [2.45, 2.75) is 26.3 Å². The van der Waals surface area contributed by atoms with Crippen molar-refractivity contribution >= 4 is 5.91 Å². The number of aryl methyl sites for hydroxylation is 2. The molecule has 1 aromatic heterocycles. The molecule has 3 heteroatoms. The lowest BCUT2D eigenvalue weighted by Gasteiger charge is -2.03. The highest BCUT2D eigenvalue weighted by Gasteiger charge is 2.04. The van der Waals surface area contributed by atoms with Gasteiger partial charge in [0.1, 0.15) is 11.5 Å². The lowest BCUT2D eigenvalue weighted by atomic mass is 10.1. The first kappa shape index (κ1) is 12.4. The van der Waals surface area contributed by atoms with Gasteiger partial charge in [-0.25, -0.2) is 0 Å². The van der Waals surface area contributed by atoms with Crippen LogP contribution in [-0.2, 0) is 17.8 Å². The summed E-state index contributed by atoms with van der Waals surface area (Å²) < 4.78 is 5.38. The van der Waals surface area contributed by atoms with E-state index in [1.165, 1.54) is 5.56 Å². The molecule has 0 atom stereocenters. The number of furan rings is 1. The molecule has 2 aromatic rings. The molecule has 0 unspecified atom stereocenters. The van der Waals surface area contributed by atoms with E-state index in [1.54, 1.807) is 0 Å². The van der Waals surface area contributed by atoms with Crippen LogP contribution in [0.1, 0.15) is 23.5 Å². The minimum absolute atomic E-state index is 0.0490. The molecule has 0 fully saturated rings. The highest BCUT2D eigenvalue weighted by molar-refractivity contribution is 5.76. The van der Waals surface area contributed by atoms with Crippen LogP contribution in [0, 0.1) is 6.92 Å². The zero-order chi connectivity index (χ0) is 12.8. The van der Waals surface area contributed by atoms with Crippen molar-refractivity contribution in [1.82, 2.24) is 5.32 Å².